The van der Waals surface area contributed by atoms with E-state index in [1.807, 2.05) is 48.5 Å². The lowest BCUT2D eigenvalue weighted by Gasteiger charge is -2.36. The van der Waals surface area contributed by atoms with Gasteiger partial charge in [-0.3, -0.25) is 0 Å². The maximum absolute atomic E-state index is 9.88. The van der Waals surface area contributed by atoms with Gasteiger partial charge in [-0.2, -0.15) is 0 Å². The summed E-state index contributed by atoms with van der Waals surface area (Å²) >= 11 is 0. The zero-order chi connectivity index (χ0) is 21.8. The number of aromatic hydroxyl groups is 4. The normalized spacial score (nSPS) is 11.4. The molecule has 31 heavy (non-hydrogen) atoms. The van der Waals surface area contributed by atoms with Crippen molar-refractivity contribution in [2.75, 3.05) is 0 Å². The standard InChI is InChI=1S/C27H24O4/c28-23-9-1-19(2-10-23)17-18-27(20-3-11-24(29)12-4-20,21-5-13-25(30)14-6-21)22-7-15-26(31)16-8-22/h1-16,28-31H,17-18H2. The van der Waals surface area contributed by atoms with Gasteiger partial charge in [-0.05, 0) is 83.6 Å². The number of aryl methyl sites for hydroxylation is 1. The molecule has 4 rings (SSSR count). The molecule has 0 aliphatic carbocycles. The highest BCUT2D eigenvalue weighted by Gasteiger charge is 2.36. The Labute approximate surface area is 181 Å². The van der Waals surface area contributed by atoms with Crippen LogP contribution in [0.5, 0.6) is 23.0 Å². The van der Waals surface area contributed by atoms with Gasteiger partial charge in [0.25, 0.3) is 0 Å². The molecular weight excluding hydrogens is 388 g/mol. The number of rotatable bonds is 6. The number of hydrogen-bond donors (Lipinski definition) is 4. The van der Waals surface area contributed by atoms with Gasteiger partial charge in [0, 0.05) is 5.41 Å². The first-order valence-electron chi connectivity index (χ1n) is 10.1. The number of benzene rings is 4. The minimum Gasteiger partial charge on any atom is -0.508 e. The Bertz CT molecular complexity index is 1020. The van der Waals surface area contributed by atoms with Crippen LogP contribution in [0.1, 0.15) is 28.7 Å². The fourth-order valence-electron chi connectivity index (χ4n) is 4.17. The summed E-state index contributed by atoms with van der Waals surface area (Å²) in [5.74, 6) is 0.790. The van der Waals surface area contributed by atoms with Crippen molar-refractivity contribution in [2.24, 2.45) is 0 Å². The van der Waals surface area contributed by atoms with Crippen LogP contribution in [0.15, 0.2) is 97.1 Å². The fraction of sp³-hybridized carbons (Fsp3) is 0.111. The van der Waals surface area contributed by atoms with E-state index in [-0.39, 0.29) is 23.0 Å². The van der Waals surface area contributed by atoms with Crippen molar-refractivity contribution in [1.82, 2.24) is 0 Å². The lowest BCUT2D eigenvalue weighted by molar-refractivity contribution is 0.472. The molecule has 0 bridgehead atoms. The molecule has 0 fully saturated rings. The van der Waals surface area contributed by atoms with Gasteiger partial charge < -0.3 is 20.4 Å². The zero-order valence-electron chi connectivity index (χ0n) is 16.9. The predicted molar refractivity (Wildman–Crippen MR) is 121 cm³/mol. The highest BCUT2D eigenvalue weighted by Crippen LogP contribution is 2.44. The molecule has 0 unspecified atom stereocenters. The topological polar surface area (TPSA) is 80.9 Å². The van der Waals surface area contributed by atoms with Crippen molar-refractivity contribution in [2.45, 2.75) is 18.3 Å². The first-order chi connectivity index (χ1) is 15.0. The van der Waals surface area contributed by atoms with Crippen LogP contribution in [0.2, 0.25) is 0 Å². The third kappa shape index (κ3) is 4.19. The summed E-state index contributed by atoms with van der Waals surface area (Å²) in [6, 6.07) is 28.7. The van der Waals surface area contributed by atoms with Gasteiger partial charge in [-0.15, -0.1) is 0 Å². The molecule has 4 aromatic carbocycles. The maximum atomic E-state index is 9.88. The molecule has 0 radical (unpaired) electrons. The molecule has 4 N–H and O–H groups in total. The summed E-state index contributed by atoms with van der Waals surface area (Å²) in [4.78, 5) is 0. The third-order valence-corrected chi connectivity index (χ3v) is 5.81. The maximum Gasteiger partial charge on any atom is 0.115 e. The van der Waals surface area contributed by atoms with E-state index in [2.05, 4.69) is 0 Å². The molecule has 0 aliphatic rings. The van der Waals surface area contributed by atoms with Crippen LogP contribution in [0, 0.1) is 0 Å². The van der Waals surface area contributed by atoms with Crippen LogP contribution in [-0.4, -0.2) is 20.4 Å². The summed E-state index contributed by atoms with van der Waals surface area (Å²) in [7, 11) is 0. The largest absolute Gasteiger partial charge is 0.508 e. The molecule has 0 aromatic heterocycles. The van der Waals surface area contributed by atoms with Gasteiger partial charge in [-0.25, -0.2) is 0 Å². The number of phenolic OH excluding ortho intramolecular Hbond substituents is 4. The van der Waals surface area contributed by atoms with Crippen LogP contribution in [0.25, 0.3) is 0 Å². The van der Waals surface area contributed by atoms with E-state index in [1.54, 1.807) is 48.5 Å². The second kappa shape index (κ2) is 8.44. The predicted octanol–water partition coefficient (Wildman–Crippen LogP) is 5.48. The summed E-state index contributed by atoms with van der Waals surface area (Å²) in [5, 5.41) is 39.3. The van der Waals surface area contributed by atoms with Crippen LogP contribution >= 0.6 is 0 Å². The van der Waals surface area contributed by atoms with E-state index in [9.17, 15) is 20.4 Å². The van der Waals surface area contributed by atoms with Crippen molar-refractivity contribution in [1.29, 1.82) is 0 Å². The van der Waals surface area contributed by atoms with Gasteiger partial charge in [0.15, 0.2) is 0 Å². The smallest absolute Gasteiger partial charge is 0.115 e. The molecule has 0 saturated heterocycles. The molecule has 0 heterocycles. The Morgan fingerprint density at radius 2 is 0.710 bits per heavy atom. The van der Waals surface area contributed by atoms with E-state index in [4.69, 9.17) is 0 Å². The van der Waals surface area contributed by atoms with E-state index in [0.29, 0.717) is 6.42 Å². The monoisotopic (exact) mass is 412 g/mol. The lowest BCUT2D eigenvalue weighted by atomic mass is 9.66. The molecule has 156 valence electrons. The van der Waals surface area contributed by atoms with Gasteiger partial charge in [0.1, 0.15) is 23.0 Å². The first kappa shape index (κ1) is 20.4. The first-order valence-corrected chi connectivity index (χ1v) is 10.1. The Morgan fingerprint density at radius 1 is 0.419 bits per heavy atom. The molecule has 4 heteroatoms. The molecule has 0 atom stereocenters. The van der Waals surface area contributed by atoms with Crippen molar-refractivity contribution in [3.05, 3.63) is 119 Å². The van der Waals surface area contributed by atoms with Crippen LogP contribution in [0.3, 0.4) is 0 Å². The van der Waals surface area contributed by atoms with E-state index in [1.165, 1.54) is 0 Å². The molecule has 0 spiro atoms. The van der Waals surface area contributed by atoms with Gasteiger partial charge >= 0.3 is 0 Å². The second-order valence-electron chi connectivity index (χ2n) is 7.71. The van der Waals surface area contributed by atoms with Crippen molar-refractivity contribution >= 4 is 0 Å². The third-order valence-electron chi connectivity index (χ3n) is 5.81. The van der Waals surface area contributed by atoms with Gasteiger partial charge in [0.2, 0.25) is 0 Å². The Hall–Kier alpha value is -3.92. The van der Waals surface area contributed by atoms with E-state index >= 15 is 0 Å². The molecule has 4 nitrogen and oxygen atoms in total. The summed E-state index contributed by atoms with van der Waals surface area (Å²) in [6.07, 6.45) is 1.42. The van der Waals surface area contributed by atoms with E-state index < -0.39 is 5.41 Å². The van der Waals surface area contributed by atoms with Crippen molar-refractivity contribution in [3.63, 3.8) is 0 Å². The molecule has 4 aromatic rings. The average Bonchev–Trinajstić information content (AvgIpc) is 2.78. The van der Waals surface area contributed by atoms with Crippen LogP contribution in [-0.2, 0) is 11.8 Å². The quantitative estimate of drug-likeness (QED) is 0.316. The Morgan fingerprint density at radius 3 is 1.03 bits per heavy atom. The lowest BCUT2D eigenvalue weighted by Crippen LogP contribution is -2.30. The number of phenols is 4. The van der Waals surface area contributed by atoms with Gasteiger partial charge in [0.05, 0.1) is 0 Å². The SMILES string of the molecule is Oc1ccc(CCC(c2ccc(O)cc2)(c2ccc(O)cc2)c2ccc(O)cc2)cc1. The highest BCUT2D eigenvalue weighted by atomic mass is 16.3. The van der Waals surface area contributed by atoms with Gasteiger partial charge in [-0.1, -0.05) is 48.5 Å². The van der Waals surface area contributed by atoms with Crippen LogP contribution in [0.4, 0.5) is 0 Å². The number of hydrogen-bond acceptors (Lipinski definition) is 4. The fourth-order valence-corrected chi connectivity index (χ4v) is 4.17. The van der Waals surface area contributed by atoms with Crippen LogP contribution < -0.4 is 0 Å². The highest BCUT2D eigenvalue weighted by molar-refractivity contribution is 5.53. The zero-order valence-corrected chi connectivity index (χ0v) is 16.9. The van der Waals surface area contributed by atoms with Crippen molar-refractivity contribution in [3.8, 4) is 23.0 Å². The molecular formula is C27H24O4. The molecule has 0 aliphatic heterocycles. The average molecular weight is 412 g/mol. The van der Waals surface area contributed by atoms with Crippen molar-refractivity contribution < 1.29 is 20.4 Å². The minimum absolute atomic E-state index is 0.188. The second-order valence-corrected chi connectivity index (χ2v) is 7.71. The Kier molecular flexibility index (Phi) is 5.54. The minimum atomic E-state index is -0.590. The summed E-state index contributed by atoms with van der Waals surface area (Å²) in [5.41, 5.74) is 3.45. The summed E-state index contributed by atoms with van der Waals surface area (Å²) < 4.78 is 0. The Balaban J connectivity index is 1.90. The van der Waals surface area contributed by atoms with E-state index in [0.717, 1.165) is 28.7 Å². The molecule has 0 amide bonds. The summed E-state index contributed by atoms with van der Waals surface area (Å²) in [6.45, 7) is 0. The molecule has 0 saturated carbocycles.